The van der Waals surface area contributed by atoms with E-state index in [1.165, 1.54) is 5.57 Å². The van der Waals surface area contributed by atoms with Crippen molar-refractivity contribution in [2.24, 2.45) is 5.41 Å². The summed E-state index contributed by atoms with van der Waals surface area (Å²) < 4.78 is 12.5. The Morgan fingerprint density at radius 2 is 1.85 bits per heavy atom. The topological polar surface area (TPSA) is 18.5 Å². The molecule has 0 amide bonds. The summed E-state index contributed by atoms with van der Waals surface area (Å²) in [5, 5.41) is 0.256. The third-order valence-corrected chi connectivity index (χ3v) is 9.27. The zero-order valence-corrected chi connectivity index (χ0v) is 15.9. The van der Waals surface area contributed by atoms with Crippen molar-refractivity contribution in [3.8, 4) is 0 Å². The Labute approximate surface area is 127 Å². The first-order valence-electron chi connectivity index (χ1n) is 7.71. The number of allylic oxidation sites excluding steroid dienone is 1. The van der Waals surface area contributed by atoms with Crippen molar-refractivity contribution < 1.29 is 9.16 Å². The highest BCUT2D eigenvalue weighted by atomic mass is 28.4. The van der Waals surface area contributed by atoms with E-state index in [2.05, 4.69) is 61.2 Å². The maximum Gasteiger partial charge on any atom is 0.192 e. The average molecular weight is 299 g/mol. The van der Waals surface area contributed by atoms with Crippen LogP contribution in [0, 0.1) is 5.41 Å². The summed E-state index contributed by atoms with van der Waals surface area (Å²) in [5.74, 6) is 0. The molecule has 1 atom stereocenters. The van der Waals surface area contributed by atoms with E-state index in [9.17, 15) is 0 Å². The minimum Gasteiger partial charge on any atom is -0.416 e. The number of hydrogen-bond acceptors (Lipinski definition) is 2. The Kier molecular flexibility index (Phi) is 5.00. The second kappa shape index (κ2) is 5.58. The molecule has 1 rings (SSSR count). The Bertz CT molecular complexity index is 366. The van der Waals surface area contributed by atoms with E-state index < -0.39 is 8.32 Å². The minimum absolute atomic E-state index is 0.0355. The van der Waals surface area contributed by atoms with Gasteiger partial charge in [-0.05, 0) is 51.7 Å². The second-order valence-corrected chi connectivity index (χ2v) is 13.7. The molecule has 0 radical (unpaired) electrons. The van der Waals surface area contributed by atoms with E-state index in [1.54, 1.807) is 0 Å². The van der Waals surface area contributed by atoms with Crippen molar-refractivity contribution in [1.29, 1.82) is 0 Å². The van der Waals surface area contributed by atoms with Gasteiger partial charge in [0.1, 0.15) is 0 Å². The van der Waals surface area contributed by atoms with Gasteiger partial charge in [0.25, 0.3) is 0 Å². The molecule has 1 saturated heterocycles. The summed E-state index contributed by atoms with van der Waals surface area (Å²) in [6.07, 6.45) is 2.06. The van der Waals surface area contributed by atoms with E-state index >= 15 is 0 Å². The van der Waals surface area contributed by atoms with Crippen LogP contribution in [0.5, 0.6) is 0 Å². The van der Waals surface area contributed by atoms with Crippen LogP contribution in [0.3, 0.4) is 0 Å². The average Bonchev–Trinajstić information content (AvgIpc) is 2.49. The Hall–Kier alpha value is -0.123. The summed E-state index contributed by atoms with van der Waals surface area (Å²) in [6.45, 7) is 23.7. The molecule has 0 N–H and O–H groups in total. The van der Waals surface area contributed by atoms with Gasteiger partial charge in [-0.1, -0.05) is 26.3 Å². The molecule has 3 heteroatoms. The monoisotopic (exact) mass is 298 g/mol. The van der Waals surface area contributed by atoms with Gasteiger partial charge < -0.3 is 9.16 Å². The van der Waals surface area contributed by atoms with Crippen LogP contribution in [0.2, 0.25) is 18.1 Å². The third kappa shape index (κ3) is 4.44. The van der Waals surface area contributed by atoms with Crippen molar-refractivity contribution in [3.63, 3.8) is 0 Å². The Morgan fingerprint density at radius 1 is 1.30 bits per heavy atom. The Balaban J connectivity index is 2.81. The van der Waals surface area contributed by atoms with Crippen LogP contribution in [0.4, 0.5) is 0 Å². The van der Waals surface area contributed by atoms with E-state index in [-0.39, 0.29) is 16.1 Å². The van der Waals surface area contributed by atoms with Gasteiger partial charge in [-0.15, -0.1) is 6.58 Å². The molecular weight excluding hydrogens is 264 g/mol. The smallest absolute Gasteiger partial charge is 0.192 e. The molecule has 0 aromatic carbocycles. The molecule has 2 nitrogen and oxygen atoms in total. The normalized spacial score (nSPS) is 26.8. The van der Waals surface area contributed by atoms with Crippen LogP contribution in [-0.4, -0.2) is 27.1 Å². The first-order valence-corrected chi connectivity index (χ1v) is 10.6. The first kappa shape index (κ1) is 17.9. The van der Waals surface area contributed by atoms with E-state index in [4.69, 9.17) is 9.16 Å². The van der Waals surface area contributed by atoms with Crippen LogP contribution < -0.4 is 0 Å². The standard InChI is InChI=1S/C17H34O2Si/c1-14(2)10-17(11-16(6,7)18-12-17)13-19-20(8,9)15(3,4)5/h1,10-13H2,2-9H3. The fraction of sp³-hybridized carbons (Fsp3) is 0.882. The third-order valence-electron chi connectivity index (χ3n) is 4.79. The molecule has 0 aromatic rings. The lowest BCUT2D eigenvalue weighted by Gasteiger charge is -2.40. The SMILES string of the molecule is C=C(C)CC1(CO[Si](C)(C)C(C)(C)C)COC(C)(C)C1. The quantitative estimate of drug-likeness (QED) is 0.515. The van der Waals surface area contributed by atoms with Gasteiger partial charge in [0.15, 0.2) is 8.32 Å². The molecule has 0 bridgehead atoms. The van der Waals surface area contributed by atoms with Gasteiger partial charge in [0, 0.05) is 12.0 Å². The van der Waals surface area contributed by atoms with Gasteiger partial charge >= 0.3 is 0 Å². The number of rotatable bonds is 5. The molecule has 1 aliphatic rings. The molecule has 20 heavy (non-hydrogen) atoms. The van der Waals surface area contributed by atoms with Gasteiger partial charge in [-0.2, -0.15) is 0 Å². The molecule has 0 spiro atoms. The summed E-state index contributed by atoms with van der Waals surface area (Å²) in [5.41, 5.74) is 1.31. The molecular formula is C17H34O2Si. The highest BCUT2D eigenvalue weighted by Gasteiger charge is 2.46. The number of hydrogen-bond donors (Lipinski definition) is 0. The van der Waals surface area contributed by atoms with Crippen LogP contribution in [-0.2, 0) is 9.16 Å². The van der Waals surface area contributed by atoms with E-state index in [0.29, 0.717) is 0 Å². The minimum atomic E-state index is -1.70. The summed E-state index contributed by atoms with van der Waals surface area (Å²) >= 11 is 0. The van der Waals surface area contributed by atoms with Crippen LogP contribution in [0.25, 0.3) is 0 Å². The lowest BCUT2D eigenvalue weighted by molar-refractivity contribution is 0.0269. The molecule has 0 aliphatic carbocycles. The van der Waals surface area contributed by atoms with Crippen molar-refractivity contribution in [2.45, 2.75) is 78.1 Å². The fourth-order valence-electron chi connectivity index (χ4n) is 2.80. The van der Waals surface area contributed by atoms with Crippen LogP contribution in [0.15, 0.2) is 12.2 Å². The maximum absolute atomic E-state index is 6.49. The molecule has 1 heterocycles. The fourth-order valence-corrected chi connectivity index (χ4v) is 3.90. The van der Waals surface area contributed by atoms with E-state index in [1.807, 2.05) is 0 Å². The lowest BCUT2D eigenvalue weighted by atomic mass is 9.78. The largest absolute Gasteiger partial charge is 0.416 e. The molecule has 1 unspecified atom stereocenters. The predicted octanol–water partition coefficient (Wildman–Crippen LogP) is 5.16. The zero-order valence-electron chi connectivity index (χ0n) is 14.9. The van der Waals surface area contributed by atoms with Gasteiger partial charge in [0.05, 0.1) is 12.2 Å². The zero-order chi connectivity index (χ0) is 15.8. The molecule has 1 aliphatic heterocycles. The maximum atomic E-state index is 6.49. The highest BCUT2D eigenvalue weighted by Crippen LogP contribution is 2.45. The second-order valence-electron chi connectivity index (χ2n) is 8.91. The van der Waals surface area contributed by atoms with Gasteiger partial charge in [-0.25, -0.2) is 0 Å². The van der Waals surface area contributed by atoms with Crippen molar-refractivity contribution in [1.82, 2.24) is 0 Å². The van der Waals surface area contributed by atoms with Crippen LogP contribution in [0.1, 0.15) is 54.4 Å². The van der Waals surface area contributed by atoms with Crippen molar-refractivity contribution >= 4 is 8.32 Å². The Morgan fingerprint density at radius 3 is 2.20 bits per heavy atom. The highest BCUT2D eigenvalue weighted by molar-refractivity contribution is 6.74. The molecule has 0 saturated carbocycles. The van der Waals surface area contributed by atoms with Gasteiger partial charge in [0.2, 0.25) is 0 Å². The lowest BCUT2D eigenvalue weighted by Crippen LogP contribution is -2.44. The number of ether oxygens (including phenoxy) is 1. The molecule has 0 aromatic heterocycles. The van der Waals surface area contributed by atoms with Crippen molar-refractivity contribution in [3.05, 3.63) is 12.2 Å². The summed E-state index contributed by atoms with van der Waals surface area (Å²) in [6, 6.07) is 0. The predicted molar refractivity (Wildman–Crippen MR) is 89.7 cm³/mol. The van der Waals surface area contributed by atoms with Gasteiger partial charge in [-0.3, -0.25) is 0 Å². The van der Waals surface area contributed by atoms with E-state index in [0.717, 1.165) is 26.1 Å². The van der Waals surface area contributed by atoms with Crippen molar-refractivity contribution in [2.75, 3.05) is 13.2 Å². The summed E-state index contributed by atoms with van der Waals surface area (Å²) in [4.78, 5) is 0. The molecule has 1 fully saturated rings. The summed E-state index contributed by atoms with van der Waals surface area (Å²) in [7, 11) is -1.70. The molecule has 118 valence electrons. The first-order chi connectivity index (χ1) is 8.79. The van der Waals surface area contributed by atoms with Crippen LogP contribution >= 0.6 is 0 Å².